The van der Waals surface area contributed by atoms with E-state index >= 15 is 0 Å². The Balaban J connectivity index is 0.00000392. The number of likely N-dealkylation sites (tertiary alicyclic amines) is 1. The van der Waals surface area contributed by atoms with Crippen molar-refractivity contribution in [3.8, 4) is 0 Å². The largest absolute Gasteiger partial charge is 0.481 e. The van der Waals surface area contributed by atoms with Crippen LogP contribution in [0.4, 0.5) is 5.69 Å². The maximum atomic E-state index is 12.6. The fourth-order valence-electron chi connectivity index (χ4n) is 3.19. The van der Waals surface area contributed by atoms with Crippen molar-refractivity contribution < 1.29 is 23.1 Å². The molecule has 0 aromatic heterocycles. The van der Waals surface area contributed by atoms with Crippen molar-refractivity contribution in [2.45, 2.75) is 31.6 Å². The second-order valence-corrected chi connectivity index (χ2v) is 8.49. The van der Waals surface area contributed by atoms with Gasteiger partial charge in [0, 0.05) is 18.8 Å². The number of halogens is 1. The molecule has 1 fully saturated rings. The number of nitrogens with zero attached hydrogens (tertiary/aromatic N) is 2. The molecule has 1 saturated heterocycles. The Morgan fingerprint density at radius 3 is 2.36 bits per heavy atom. The number of carboxylic acids is 1. The van der Waals surface area contributed by atoms with E-state index in [2.05, 4.69) is 5.32 Å². The first kappa shape index (κ1) is 24.4. The van der Waals surface area contributed by atoms with Crippen LogP contribution in [0.1, 0.15) is 26.7 Å². The second kappa shape index (κ2) is 10.8. The van der Waals surface area contributed by atoms with Gasteiger partial charge < -0.3 is 10.4 Å². The van der Waals surface area contributed by atoms with Gasteiger partial charge in [-0.25, -0.2) is 8.42 Å². The number of carbonyl (C=O) groups excluding carboxylic acids is 1. The molecule has 0 atom stereocenters. The summed E-state index contributed by atoms with van der Waals surface area (Å²) in [4.78, 5) is 25.3. The number of sulfonamides is 1. The van der Waals surface area contributed by atoms with Gasteiger partial charge in [0.05, 0.1) is 17.4 Å². The number of rotatable bonds is 8. The first-order valence-electron chi connectivity index (χ1n) is 9.13. The summed E-state index contributed by atoms with van der Waals surface area (Å²) < 4.78 is 26.5. The zero-order valence-electron chi connectivity index (χ0n) is 16.1. The fraction of sp³-hybridized carbons (Fsp3) is 0.556. The van der Waals surface area contributed by atoms with E-state index in [9.17, 15) is 18.0 Å². The van der Waals surface area contributed by atoms with Gasteiger partial charge in [-0.2, -0.15) is 4.31 Å². The summed E-state index contributed by atoms with van der Waals surface area (Å²) in [6.07, 6.45) is 1.06. The van der Waals surface area contributed by atoms with E-state index < -0.39 is 16.0 Å². The number of amides is 1. The van der Waals surface area contributed by atoms with Gasteiger partial charge in [-0.3, -0.25) is 14.5 Å². The van der Waals surface area contributed by atoms with Gasteiger partial charge in [0.2, 0.25) is 15.9 Å². The number of aliphatic carboxylic acids is 1. The summed E-state index contributed by atoms with van der Waals surface area (Å²) in [5.41, 5.74) is 0.425. The summed E-state index contributed by atoms with van der Waals surface area (Å²) in [5, 5.41) is 11.7. The van der Waals surface area contributed by atoms with Gasteiger partial charge in [0.25, 0.3) is 0 Å². The average molecular weight is 434 g/mol. The van der Waals surface area contributed by atoms with Gasteiger partial charge in [-0.1, -0.05) is 19.9 Å². The van der Waals surface area contributed by atoms with Gasteiger partial charge in [0.1, 0.15) is 0 Å². The maximum absolute atomic E-state index is 12.6. The summed E-state index contributed by atoms with van der Waals surface area (Å²) in [6.45, 7) is 5.57. The predicted octanol–water partition coefficient (Wildman–Crippen LogP) is 1.87. The predicted molar refractivity (Wildman–Crippen MR) is 109 cm³/mol. The minimum atomic E-state index is -3.58. The van der Waals surface area contributed by atoms with E-state index in [4.69, 9.17) is 5.11 Å². The lowest BCUT2D eigenvalue weighted by atomic mass is 9.97. The number of nitrogens with one attached hydrogen (secondary N) is 1. The topological polar surface area (TPSA) is 107 Å². The lowest BCUT2D eigenvalue weighted by Crippen LogP contribution is -2.40. The highest BCUT2D eigenvalue weighted by molar-refractivity contribution is 7.89. The second-order valence-electron chi connectivity index (χ2n) is 6.55. The Labute approximate surface area is 172 Å². The molecule has 1 amide bonds. The Bertz CT molecular complexity index is 775. The monoisotopic (exact) mass is 433 g/mol. The zero-order chi connectivity index (χ0) is 20.0. The normalized spacial score (nSPS) is 15.8. The summed E-state index contributed by atoms with van der Waals surface area (Å²) in [6, 6.07) is 6.22. The summed E-state index contributed by atoms with van der Waals surface area (Å²) in [7, 11) is -3.58. The average Bonchev–Trinajstić information content (AvgIpc) is 2.63. The molecule has 0 radical (unpaired) electrons. The Hall–Kier alpha value is -1.68. The van der Waals surface area contributed by atoms with E-state index in [-0.39, 0.29) is 35.7 Å². The molecular weight excluding hydrogens is 406 g/mol. The lowest BCUT2D eigenvalue weighted by molar-refractivity contribution is -0.143. The van der Waals surface area contributed by atoms with Crippen LogP contribution < -0.4 is 5.32 Å². The third kappa shape index (κ3) is 6.16. The summed E-state index contributed by atoms with van der Waals surface area (Å²) >= 11 is 0. The smallest absolute Gasteiger partial charge is 0.306 e. The Morgan fingerprint density at radius 2 is 1.82 bits per heavy atom. The highest BCUT2D eigenvalue weighted by Crippen LogP contribution is 2.20. The molecule has 0 bridgehead atoms. The van der Waals surface area contributed by atoms with Gasteiger partial charge in [0.15, 0.2) is 0 Å². The molecule has 1 aliphatic heterocycles. The molecule has 0 aliphatic carbocycles. The van der Waals surface area contributed by atoms with Gasteiger partial charge >= 0.3 is 5.97 Å². The first-order chi connectivity index (χ1) is 12.8. The van der Waals surface area contributed by atoms with Crippen LogP contribution in [0.15, 0.2) is 29.2 Å². The lowest BCUT2D eigenvalue weighted by Gasteiger charge is -2.29. The molecule has 28 heavy (non-hydrogen) atoms. The molecule has 8 nitrogen and oxygen atoms in total. The first-order valence-corrected chi connectivity index (χ1v) is 10.6. The molecule has 2 rings (SSSR count). The van der Waals surface area contributed by atoms with Crippen molar-refractivity contribution in [1.82, 2.24) is 9.21 Å². The van der Waals surface area contributed by atoms with Crippen LogP contribution in [0.2, 0.25) is 0 Å². The highest BCUT2D eigenvalue weighted by Gasteiger charge is 2.26. The number of benzene rings is 1. The Morgan fingerprint density at radius 1 is 1.21 bits per heavy atom. The third-order valence-electron chi connectivity index (χ3n) is 4.77. The van der Waals surface area contributed by atoms with Crippen LogP contribution in [0.5, 0.6) is 0 Å². The van der Waals surface area contributed by atoms with Crippen molar-refractivity contribution in [3.05, 3.63) is 24.3 Å². The molecule has 1 aromatic carbocycles. The van der Waals surface area contributed by atoms with Crippen LogP contribution in [-0.2, 0) is 19.6 Å². The molecule has 1 aromatic rings. The van der Waals surface area contributed by atoms with Crippen LogP contribution in [-0.4, -0.2) is 67.3 Å². The molecule has 0 saturated carbocycles. The molecule has 1 aliphatic rings. The van der Waals surface area contributed by atoms with Crippen molar-refractivity contribution in [1.29, 1.82) is 0 Å². The van der Waals surface area contributed by atoms with Crippen LogP contribution in [0, 0.1) is 5.92 Å². The molecule has 1 heterocycles. The molecule has 158 valence electrons. The van der Waals surface area contributed by atoms with Crippen molar-refractivity contribution >= 4 is 40.0 Å². The van der Waals surface area contributed by atoms with Gasteiger partial charge in [-0.05, 0) is 44.1 Å². The minimum absolute atomic E-state index is 0. The van der Waals surface area contributed by atoms with Crippen LogP contribution in [0.3, 0.4) is 0 Å². The number of hydrogen-bond acceptors (Lipinski definition) is 5. The third-order valence-corrected chi connectivity index (χ3v) is 6.81. The van der Waals surface area contributed by atoms with E-state index in [1.54, 1.807) is 26.0 Å². The minimum Gasteiger partial charge on any atom is -0.481 e. The standard InChI is InChI=1S/C18H27N3O5S.ClH/c1-3-21(4-2)27(25,26)16-7-5-6-15(12-16)19-17(22)13-20-10-8-14(9-11-20)18(23)24;/h5-7,12,14H,3-4,8-11,13H2,1-2H3,(H,19,22)(H,23,24);1H. The van der Waals surface area contributed by atoms with E-state index in [0.717, 1.165) is 0 Å². The molecule has 2 N–H and O–H groups in total. The van der Waals surface area contributed by atoms with Crippen LogP contribution in [0.25, 0.3) is 0 Å². The maximum Gasteiger partial charge on any atom is 0.306 e. The number of hydrogen-bond donors (Lipinski definition) is 2. The number of anilines is 1. The quantitative estimate of drug-likeness (QED) is 0.648. The Kier molecular flexibility index (Phi) is 9.35. The van der Waals surface area contributed by atoms with Crippen molar-refractivity contribution in [2.75, 3.05) is 38.0 Å². The van der Waals surface area contributed by atoms with E-state index in [1.807, 2.05) is 4.90 Å². The van der Waals surface area contributed by atoms with Gasteiger partial charge in [-0.15, -0.1) is 12.4 Å². The number of carboxylic acid groups (broad SMARTS) is 1. The fourth-order valence-corrected chi connectivity index (χ4v) is 4.69. The van der Waals surface area contributed by atoms with E-state index in [0.29, 0.717) is 44.7 Å². The molecule has 10 heteroatoms. The highest BCUT2D eigenvalue weighted by atomic mass is 35.5. The number of carbonyl (C=O) groups is 2. The number of piperidine rings is 1. The SMILES string of the molecule is CCN(CC)S(=O)(=O)c1cccc(NC(=O)CN2CCC(C(=O)O)CC2)c1.Cl. The van der Waals surface area contributed by atoms with Crippen molar-refractivity contribution in [2.24, 2.45) is 5.92 Å². The molecule has 0 unspecified atom stereocenters. The zero-order valence-corrected chi connectivity index (χ0v) is 17.8. The van der Waals surface area contributed by atoms with Crippen molar-refractivity contribution in [3.63, 3.8) is 0 Å². The van der Waals surface area contributed by atoms with Crippen LogP contribution >= 0.6 is 12.4 Å². The molecular formula is C18H28ClN3O5S. The molecule has 0 spiro atoms. The van der Waals surface area contributed by atoms with E-state index in [1.165, 1.54) is 16.4 Å². The summed E-state index contributed by atoms with van der Waals surface area (Å²) in [5.74, 6) is -1.38.